The number of aliphatic hydroxyl groups is 1. The van der Waals surface area contributed by atoms with Crippen molar-refractivity contribution in [2.45, 2.75) is 6.54 Å². The molecule has 2 rings (SSSR count). The number of nitrogens with one attached hydrogen (secondary N) is 1. The van der Waals surface area contributed by atoms with Crippen LogP contribution in [0.4, 0.5) is 19.3 Å². The van der Waals surface area contributed by atoms with E-state index in [-0.39, 0.29) is 25.4 Å². The SMILES string of the molecule is O=C(O)c1c(F)cc(NC(=O)N(CCO)Cc2ccccc2)cc1F. The number of aliphatic hydroxyl groups excluding tert-OH is 1. The number of carboxylic acid groups (broad SMARTS) is 1. The highest BCUT2D eigenvalue weighted by atomic mass is 19.1. The normalized spacial score (nSPS) is 10.4. The molecule has 6 nitrogen and oxygen atoms in total. The van der Waals surface area contributed by atoms with Crippen LogP contribution >= 0.6 is 0 Å². The number of carbonyl (C=O) groups excluding carboxylic acids is 1. The van der Waals surface area contributed by atoms with Gasteiger partial charge >= 0.3 is 12.0 Å². The number of carbonyl (C=O) groups is 2. The predicted molar refractivity (Wildman–Crippen MR) is 86.3 cm³/mol. The third-order valence-corrected chi connectivity index (χ3v) is 3.38. The van der Waals surface area contributed by atoms with Crippen molar-refractivity contribution in [3.8, 4) is 0 Å². The average molecular weight is 350 g/mol. The molecule has 2 aromatic carbocycles. The van der Waals surface area contributed by atoms with Crippen LogP contribution in [0, 0.1) is 11.6 Å². The molecule has 3 N–H and O–H groups in total. The lowest BCUT2D eigenvalue weighted by Crippen LogP contribution is -2.36. The van der Waals surface area contributed by atoms with Crippen molar-refractivity contribution in [2.75, 3.05) is 18.5 Å². The Morgan fingerprint density at radius 1 is 1.08 bits per heavy atom. The maximum atomic E-state index is 13.7. The molecular formula is C17H16F2N2O4. The fourth-order valence-electron chi connectivity index (χ4n) is 2.23. The third-order valence-electron chi connectivity index (χ3n) is 3.38. The van der Waals surface area contributed by atoms with Crippen LogP contribution in [0.2, 0.25) is 0 Å². The van der Waals surface area contributed by atoms with Gasteiger partial charge < -0.3 is 20.4 Å². The lowest BCUT2D eigenvalue weighted by molar-refractivity contribution is 0.0686. The van der Waals surface area contributed by atoms with E-state index < -0.39 is 29.2 Å². The molecule has 0 bridgehead atoms. The number of benzene rings is 2. The maximum absolute atomic E-state index is 13.7. The Morgan fingerprint density at radius 2 is 1.68 bits per heavy atom. The van der Waals surface area contributed by atoms with Crippen molar-refractivity contribution in [1.29, 1.82) is 0 Å². The van der Waals surface area contributed by atoms with Crippen molar-refractivity contribution < 1.29 is 28.6 Å². The second-order valence-corrected chi connectivity index (χ2v) is 5.18. The van der Waals surface area contributed by atoms with E-state index in [1.165, 1.54) is 4.90 Å². The number of halogens is 2. The van der Waals surface area contributed by atoms with Gasteiger partial charge in [0.2, 0.25) is 0 Å². The van der Waals surface area contributed by atoms with Crippen molar-refractivity contribution in [2.24, 2.45) is 0 Å². The number of hydrogen-bond acceptors (Lipinski definition) is 3. The van der Waals surface area contributed by atoms with E-state index in [1.807, 2.05) is 6.07 Å². The summed E-state index contributed by atoms with van der Waals surface area (Å²) >= 11 is 0. The average Bonchev–Trinajstić information content (AvgIpc) is 2.54. The molecule has 0 spiro atoms. The van der Waals surface area contributed by atoms with Gasteiger partial charge in [-0.2, -0.15) is 0 Å². The smallest absolute Gasteiger partial charge is 0.341 e. The molecule has 0 aliphatic rings. The van der Waals surface area contributed by atoms with Crippen LogP contribution in [-0.4, -0.2) is 40.3 Å². The van der Waals surface area contributed by atoms with Crippen LogP contribution < -0.4 is 5.32 Å². The molecule has 8 heteroatoms. The highest BCUT2D eigenvalue weighted by Gasteiger charge is 2.20. The van der Waals surface area contributed by atoms with Crippen LogP contribution in [0.15, 0.2) is 42.5 Å². The molecule has 132 valence electrons. The van der Waals surface area contributed by atoms with Gasteiger partial charge in [-0.1, -0.05) is 30.3 Å². The number of hydrogen-bond donors (Lipinski definition) is 3. The zero-order valence-electron chi connectivity index (χ0n) is 13.1. The molecule has 0 saturated carbocycles. The van der Waals surface area contributed by atoms with Crippen LogP contribution in [0.25, 0.3) is 0 Å². The Hall–Kier alpha value is -3.00. The topological polar surface area (TPSA) is 89.9 Å². The summed E-state index contributed by atoms with van der Waals surface area (Å²) < 4.78 is 27.4. The van der Waals surface area contributed by atoms with E-state index in [0.29, 0.717) is 0 Å². The minimum atomic E-state index is -1.74. The number of urea groups is 1. The number of anilines is 1. The first kappa shape index (κ1) is 18.3. The minimum Gasteiger partial charge on any atom is -0.477 e. The molecule has 0 saturated heterocycles. The summed E-state index contributed by atoms with van der Waals surface area (Å²) in [7, 11) is 0. The van der Waals surface area contributed by atoms with Crippen LogP contribution in [0.3, 0.4) is 0 Å². The van der Waals surface area contributed by atoms with Gasteiger partial charge in [0.15, 0.2) is 0 Å². The fraction of sp³-hybridized carbons (Fsp3) is 0.176. The second-order valence-electron chi connectivity index (χ2n) is 5.18. The number of amides is 2. The molecule has 0 aromatic heterocycles. The van der Waals surface area contributed by atoms with Crippen molar-refractivity contribution >= 4 is 17.7 Å². The van der Waals surface area contributed by atoms with Crippen molar-refractivity contribution in [1.82, 2.24) is 4.90 Å². The number of carboxylic acids is 1. The lowest BCUT2D eigenvalue weighted by atomic mass is 10.1. The zero-order chi connectivity index (χ0) is 18.4. The lowest BCUT2D eigenvalue weighted by Gasteiger charge is -2.22. The van der Waals surface area contributed by atoms with E-state index in [1.54, 1.807) is 24.3 Å². The van der Waals surface area contributed by atoms with Gasteiger partial charge in [-0.15, -0.1) is 0 Å². The molecule has 0 aliphatic heterocycles. The predicted octanol–water partition coefficient (Wildman–Crippen LogP) is 2.69. The van der Waals surface area contributed by atoms with Gasteiger partial charge in [-0.3, -0.25) is 0 Å². The van der Waals surface area contributed by atoms with Crippen molar-refractivity contribution in [3.05, 3.63) is 65.2 Å². The Kier molecular flexibility index (Phi) is 6.02. The van der Waals surface area contributed by atoms with Gasteiger partial charge in [-0.05, 0) is 17.7 Å². The molecule has 0 atom stereocenters. The Bertz CT molecular complexity index is 745. The Morgan fingerprint density at radius 3 is 2.20 bits per heavy atom. The van der Waals surface area contributed by atoms with E-state index in [9.17, 15) is 18.4 Å². The quantitative estimate of drug-likeness (QED) is 0.747. The third kappa shape index (κ3) is 4.74. The molecule has 2 aromatic rings. The van der Waals surface area contributed by atoms with E-state index >= 15 is 0 Å². The first-order chi connectivity index (χ1) is 11.9. The van der Waals surface area contributed by atoms with Gasteiger partial charge in [0.25, 0.3) is 0 Å². The second kappa shape index (κ2) is 8.20. The van der Waals surface area contributed by atoms with E-state index in [0.717, 1.165) is 17.7 Å². The van der Waals surface area contributed by atoms with Crippen LogP contribution in [0.1, 0.15) is 15.9 Å². The summed E-state index contributed by atoms with van der Waals surface area (Å²) in [6.07, 6.45) is 0. The Balaban J connectivity index is 2.16. The summed E-state index contributed by atoms with van der Waals surface area (Å²) in [5.41, 5.74) is -0.500. The zero-order valence-corrected chi connectivity index (χ0v) is 13.1. The largest absolute Gasteiger partial charge is 0.477 e. The highest BCUT2D eigenvalue weighted by molar-refractivity contribution is 5.92. The summed E-state index contributed by atoms with van der Waals surface area (Å²) in [5.74, 6) is -4.32. The summed E-state index contributed by atoms with van der Waals surface area (Å²) in [6, 6.07) is 9.75. The number of nitrogens with zero attached hydrogens (tertiary/aromatic N) is 1. The first-order valence-corrected chi connectivity index (χ1v) is 7.35. The van der Waals surface area contributed by atoms with Gasteiger partial charge in [0, 0.05) is 18.8 Å². The van der Waals surface area contributed by atoms with Crippen LogP contribution in [-0.2, 0) is 6.54 Å². The standard InChI is InChI=1S/C17H16F2N2O4/c18-13-8-12(9-14(19)15(13)16(23)24)20-17(25)21(6-7-22)10-11-4-2-1-3-5-11/h1-5,8-9,22H,6-7,10H2,(H,20,25)(H,23,24). The number of rotatable bonds is 6. The fourth-order valence-corrected chi connectivity index (χ4v) is 2.23. The minimum absolute atomic E-state index is 0.0128. The van der Waals surface area contributed by atoms with E-state index in [4.69, 9.17) is 10.2 Å². The van der Waals surface area contributed by atoms with Gasteiger partial charge in [-0.25, -0.2) is 18.4 Å². The summed E-state index contributed by atoms with van der Waals surface area (Å²) in [4.78, 5) is 24.3. The van der Waals surface area contributed by atoms with E-state index in [2.05, 4.69) is 5.32 Å². The molecular weight excluding hydrogens is 334 g/mol. The molecule has 0 fully saturated rings. The molecule has 2 amide bonds. The molecule has 0 radical (unpaired) electrons. The molecule has 25 heavy (non-hydrogen) atoms. The first-order valence-electron chi connectivity index (χ1n) is 7.35. The highest BCUT2D eigenvalue weighted by Crippen LogP contribution is 2.19. The van der Waals surface area contributed by atoms with Gasteiger partial charge in [0.05, 0.1) is 6.61 Å². The number of aromatic carboxylic acids is 1. The summed E-state index contributed by atoms with van der Waals surface area (Å²) in [5, 5.41) is 20.1. The molecule has 0 unspecified atom stereocenters. The monoisotopic (exact) mass is 350 g/mol. The summed E-state index contributed by atoms with van der Waals surface area (Å²) in [6.45, 7) is -0.0920. The maximum Gasteiger partial charge on any atom is 0.341 e. The molecule has 0 heterocycles. The van der Waals surface area contributed by atoms with Crippen molar-refractivity contribution in [3.63, 3.8) is 0 Å². The Labute approximate surface area is 142 Å². The van der Waals surface area contributed by atoms with Crippen LogP contribution in [0.5, 0.6) is 0 Å². The van der Waals surface area contributed by atoms with Gasteiger partial charge in [0.1, 0.15) is 17.2 Å². The molecule has 0 aliphatic carbocycles.